The highest BCUT2D eigenvalue weighted by molar-refractivity contribution is 5.60. The summed E-state index contributed by atoms with van der Waals surface area (Å²) in [7, 11) is 0. The van der Waals surface area contributed by atoms with Crippen molar-refractivity contribution in [1.29, 1.82) is 0 Å². The fourth-order valence-electron chi connectivity index (χ4n) is 2.96. The summed E-state index contributed by atoms with van der Waals surface area (Å²) < 4.78 is 2.07. The van der Waals surface area contributed by atoms with Crippen LogP contribution in [0.4, 0.5) is 5.69 Å². The Kier molecular flexibility index (Phi) is 8.82. The number of rotatable bonds is 11. The second-order valence-corrected chi connectivity index (χ2v) is 6.63. The molecule has 0 saturated heterocycles. The average Bonchev–Trinajstić information content (AvgIpc) is 2.67. The molecule has 0 saturated carbocycles. The molecule has 0 spiro atoms. The molecule has 0 unspecified atom stereocenters. The van der Waals surface area contributed by atoms with E-state index >= 15 is 0 Å². The first-order valence-corrected chi connectivity index (χ1v) is 9.82. The molecule has 0 aliphatic heterocycles. The molecule has 2 heteroatoms. The maximum absolute atomic E-state index is 2.56. The monoisotopic (exact) mass is 337 g/mol. The molecular weight excluding hydrogens is 304 g/mol. The summed E-state index contributed by atoms with van der Waals surface area (Å²) in [5.74, 6) is 0. The summed E-state index contributed by atoms with van der Waals surface area (Å²) in [5, 5.41) is 0. The standard InChI is InChI=1S/C23H33N2/c1-3-5-8-19-25(20-9-6-4-2)23-14-12-22(13-15-23)16-21-24-17-10-7-11-18-24/h7,10-18,21H,3-6,8-9,19-20H2,1-2H3/q+1. The van der Waals surface area contributed by atoms with Gasteiger partial charge in [0.25, 0.3) is 0 Å². The zero-order valence-electron chi connectivity index (χ0n) is 15.9. The summed E-state index contributed by atoms with van der Waals surface area (Å²) in [6.07, 6.45) is 16.1. The highest BCUT2D eigenvalue weighted by atomic mass is 15.1. The maximum Gasteiger partial charge on any atom is 0.175 e. The van der Waals surface area contributed by atoms with Gasteiger partial charge in [0.05, 0.1) is 0 Å². The number of hydrogen-bond acceptors (Lipinski definition) is 1. The van der Waals surface area contributed by atoms with Crippen molar-refractivity contribution in [2.45, 2.75) is 52.4 Å². The molecule has 2 rings (SSSR count). The summed E-state index contributed by atoms with van der Waals surface area (Å²) >= 11 is 0. The molecule has 134 valence electrons. The minimum absolute atomic E-state index is 1.17. The Morgan fingerprint density at radius 1 is 0.800 bits per heavy atom. The number of hydrogen-bond donors (Lipinski definition) is 0. The van der Waals surface area contributed by atoms with Gasteiger partial charge in [-0.15, -0.1) is 0 Å². The van der Waals surface area contributed by atoms with Crippen LogP contribution in [0.25, 0.3) is 12.3 Å². The van der Waals surface area contributed by atoms with Crippen LogP contribution in [0.2, 0.25) is 0 Å². The predicted octanol–water partition coefficient (Wildman–Crippen LogP) is 5.79. The lowest BCUT2D eigenvalue weighted by Gasteiger charge is -2.25. The molecule has 2 aromatic rings. The van der Waals surface area contributed by atoms with E-state index in [1.54, 1.807) is 0 Å². The summed E-state index contributed by atoms with van der Waals surface area (Å²) in [5.41, 5.74) is 2.60. The third kappa shape index (κ3) is 7.13. The van der Waals surface area contributed by atoms with Gasteiger partial charge in [-0.25, -0.2) is 0 Å². The van der Waals surface area contributed by atoms with Gasteiger partial charge in [-0.3, -0.25) is 0 Å². The first kappa shape index (κ1) is 19.2. The van der Waals surface area contributed by atoms with Crippen LogP contribution in [0.1, 0.15) is 57.9 Å². The molecule has 0 N–H and O–H groups in total. The molecule has 1 aromatic heterocycles. The first-order valence-electron chi connectivity index (χ1n) is 9.82. The van der Waals surface area contributed by atoms with Crippen LogP contribution >= 0.6 is 0 Å². The van der Waals surface area contributed by atoms with Gasteiger partial charge in [-0.1, -0.05) is 57.7 Å². The van der Waals surface area contributed by atoms with Crippen molar-refractivity contribution in [2.75, 3.05) is 18.0 Å². The Labute approximate surface area is 153 Å². The third-order valence-electron chi connectivity index (χ3n) is 4.50. The van der Waals surface area contributed by atoms with Gasteiger partial charge in [0, 0.05) is 37.0 Å². The summed E-state index contributed by atoms with van der Waals surface area (Å²) in [4.78, 5) is 2.56. The number of anilines is 1. The highest BCUT2D eigenvalue weighted by Gasteiger charge is 2.06. The van der Waals surface area contributed by atoms with Crippen molar-refractivity contribution in [3.63, 3.8) is 0 Å². The Bertz CT molecular complexity index is 592. The van der Waals surface area contributed by atoms with Crippen LogP contribution in [0.5, 0.6) is 0 Å². The Morgan fingerprint density at radius 3 is 1.96 bits per heavy atom. The SMILES string of the molecule is CCCCCN(CCCCC)c1ccc(C=C[n+]2ccccc2)cc1. The number of benzene rings is 1. The van der Waals surface area contributed by atoms with E-state index in [1.807, 2.05) is 30.6 Å². The largest absolute Gasteiger partial charge is 0.372 e. The zero-order valence-corrected chi connectivity index (χ0v) is 15.9. The van der Waals surface area contributed by atoms with Gasteiger partial charge in [0.2, 0.25) is 0 Å². The van der Waals surface area contributed by atoms with E-state index in [0.717, 1.165) is 0 Å². The molecule has 0 aliphatic carbocycles. The van der Waals surface area contributed by atoms with E-state index in [9.17, 15) is 0 Å². The average molecular weight is 338 g/mol. The molecular formula is C23H33N2+. The van der Waals surface area contributed by atoms with E-state index in [2.05, 4.69) is 59.9 Å². The number of nitrogens with zero attached hydrogens (tertiary/aromatic N) is 2. The molecule has 0 amide bonds. The van der Waals surface area contributed by atoms with Crippen LogP contribution < -0.4 is 9.47 Å². The molecule has 0 aliphatic rings. The van der Waals surface area contributed by atoms with Crippen LogP contribution in [0.15, 0.2) is 54.9 Å². The van der Waals surface area contributed by atoms with Crippen LogP contribution in [-0.2, 0) is 0 Å². The van der Waals surface area contributed by atoms with Crippen molar-refractivity contribution in [3.05, 3.63) is 60.4 Å². The zero-order chi connectivity index (χ0) is 17.7. The summed E-state index contributed by atoms with van der Waals surface area (Å²) in [6, 6.07) is 15.1. The van der Waals surface area contributed by atoms with Gasteiger partial charge < -0.3 is 4.90 Å². The second kappa shape index (κ2) is 11.5. The topological polar surface area (TPSA) is 7.12 Å². The van der Waals surface area contributed by atoms with Gasteiger partial charge in [-0.2, -0.15) is 4.57 Å². The lowest BCUT2D eigenvalue weighted by atomic mass is 10.1. The van der Waals surface area contributed by atoms with Crippen LogP contribution in [0, 0.1) is 0 Å². The molecule has 1 aromatic carbocycles. The maximum atomic E-state index is 2.56. The van der Waals surface area contributed by atoms with Gasteiger partial charge in [-0.05, 0) is 30.5 Å². The van der Waals surface area contributed by atoms with E-state index in [1.165, 1.54) is 62.9 Å². The van der Waals surface area contributed by atoms with Gasteiger partial charge >= 0.3 is 0 Å². The molecule has 0 atom stereocenters. The molecule has 1 heterocycles. The Hall–Kier alpha value is -2.09. The summed E-state index contributed by atoms with van der Waals surface area (Å²) in [6.45, 7) is 6.89. The Morgan fingerprint density at radius 2 is 1.40 bits per heavy atom. The van der Waals surface area contributed by atoms with Gasteiger partial charge in [0.15, 0.2) is 18.6 Å². The lowest BCUT2D eigenvalue weighted by Crippen LogP contribution is -2.25. The number of unbranched alkanes of at least 4 members (excludes halogenated alkanes) is 4. The smallest absolute Gasteiger partial charge is 0.175 e. The van der Waals surface area contributed by atoms with E-state index in [-0.39, 0.29) is 0 Å². The number of pyridine rings is 1. The van der Waals surface area contributed by atoms with E-state index in [4.69, 9.17) is 0 Å². The molecule has 0 radical (unpaired) electrons. The third-order valence-corrected chi connectivity index (χ3v) is 4.50. The molecule has 0 bridgehead atoms. The fraction of sp³-hybridized carbons (Fsp3) is 0.435. The predicted molar refractivity (Wildman–Crippen MR) is 110 cm³/mol. The quantitative estimate of drug-likeness (QED) is 0.372. The normalized spacial score (nSPS) is 11.1. The van der Waals surface area contributed by atoms with Crippen molar-refractivity contribution in [1.82, 2.24) is 0 Å². The first-order chi connectivity index (χ1) is 12.3. The van der Waals surface area contributed by atoms with Crippen molar-refractivity contribution in [2.24, 2.45) is 0 Å². The van der Waals surface area contributed by atoms with Crippen molar-refractivity contribution in [3.8, 4) is 0 Å². The lowest BCUT2D eigenvalue weighted by molar-refractivity contribution is -0.567. The minimum Gasteiger partial charge on any atom is -0.372 e. The van der Waals surface area contributed by atoms with Crippen molar-refractivity contribution >= 4 is 18.0 Å². The highest BCUT2D eigenvalue weighted by Crippen LogP contribution is 2.18. The molecule has 2 nitrogen and oxygen atoms in total. The second-order valence-electron chi connectivity index (χ2n) is 6.63. The van der Waals surface area contributed by atoms with E-state index < -0.39 is 0 Å². The Balaban J connectivity index is 1.99. The number of aromatic nitrogens is 1. The van der Waals surface area contributed by atoms with E-state index in [0.29, 0.717) is 0 Å². The van der Waals surface area contributed by atoms with Gasteiger partial charge in [0.1, 0.15) is 0 Å². The van der Waals surface area contributed by atoms with Crippen LogP contribution in [-0.4, -0.2) is 13.1 Å². The van der Waals surface area contributed by atoms with Crippen molar-refractivity contribution < 1.29 is 4.57 Å². The molecule has 25 heavy (non-hydrogen) atoms. The van der Waals surface area contributed by atoms with Crippen LogP contribution in [0.3, 0.4) is 0 Å². The fourth-order valence-corrected chi connectivity index (χ4v) is 2.96. The minimum atomic E-state index is 1.17. The molecule has 0 fully saturated rings.